The molecule has 0 bridgehead atoms. The van der Waals surface area contributed by atoms with E-state index >= 15 is 0 Å². The predicted molar refractivity (Wildman–Crippen MR) is 62.0 cm³/mol. The minimum atomic E-state index is -0.416. The third kappa shape index (κ3) is 2.27. The van der Waals surface area contributed by atoms with Crippen molar-refractivity contribution >= 4 is 11.8 Å². The summed E-state index contributed by atoms with van der Waals surface area (Å²) in [5, 5.41) is 3.82. The van der Waals surface area contributed by atoms with Crippen molar-refractivity contribution in [3.05, 3.63) is 16.3 Å². The Morgan fingerprint density at radius 1 is 1.17 bits per heavy atom. The summed E-state index contributed by atoms with van der Waals surface area (Å²) < 4.78 is 1.08. The lowest BCUT2D eigenvalue weighted by atomic mass is 10.3. The number of amides is 2. The first-order chi connectivity index (χ1) is 8.49. The van der Waals surface area contributed by atoms with Gasteiger partial charge in [0.2, 0.25) is 11.7 Å². The minimum absolute atomic E-state index is 0.00772. The van der Waals surface area contributed by atoms with Crippen LogP contribution in [0.3, 0.4) is 0 Å². The van der Waals surface area contributed by atoms with Crippen LogP contribution in [0.15, 0.2) is 4.79 Å². The van der Waals surface area contributed by atoms with Crippen molar-refractivity contribution in [2.75, 3.05) is 26.2 Å². The Bertz CT molecular complexity index is 524. The maximum absolute atomic E-state index is 12.0. The van der Waals surface area contributed by atoms with Gasteiger partial charge in [0.15, 0.2) is 0 Å². The van der Waals surface area contributed by atoms with E-state index in [2.05, 4.69) is 10.1 Å². The molecule has 1 N–H and O–H groups in total. The summed E-state index contributed by atoms with van der Waals surface area (Å²) >= 11 is 0. The molecule has 1 aromatic heterocycles. The van der Waals surface area contributed by atoms with Crippen molar-refractivity contribution in [2.45, 2.75) is 6.92 Å². The molecule has 0 radical (unpaired) electrons. The maximum Gasteiger partial charge on any atom is 0.343 e. The van der Waals surface area contributed by atoms with E-state index in [1.165, 1.54) is 14.0 Å². The van der Waals surface area contributed by atoms with Gasteiger partial charge >= 0.3 is 5.69 Å². The molecule has 0 aromatic carbocycles. The molecule has 1 fully saturated rings. The number of rotatable bonds is 1. The van der Waals surface area contributed by atoms with Gasteiger partial charge in [-0.1, -0.05) is 0 Å². The molecule has 1 saturated heterocycles. The number of nitrogens with zero attached hydrogens (tertiary/aromatic N) is 4. The number of nitrogens with one attached hydrogen (secondary N) is 1. The largest absolute Gasteiger partial charge is 0.343 e. The lowest BCUT2D eigenvalue weighted by molar-refractivity contribution is -0.130. The second-order valence-corrected chi connectivity index (χ2v) is 4.20. The first kappa shape index (κ1) is 12.3. The SMILES string of the molecule is CC(=O)N1CCN(C(=O)c2nn(C)c(=O)[nH]2)CC1. The van der Waals surface area contributed by atoms with E-state index in [0.717, 1.165) is 4.68 Å². The number of aromatic nitrogens is 3. The summed E-state index contributed by atoms with van der Waals surface area (Å²) in [6.45, 7) is 3.44. The average molecular weight is 253 g/mol. The number of aromatic amines is 1. The molecule has 0 saturated carbocycles. The molecule has 0 spiro atoms. The fraction of sp³-hybridized carbons (Fsp3) is 0.600. The van der Waals surface area contributed by atoms with Crippen LogP contribution in [0.2, 0.25) is 0 Å². The number of carbonyl (C=O) groups is 2. The van der Waals surface area contributed by atoms with Gasteiger partial charge in [0.1, 0.15) is 0 Å². The first-order valence-electron chi connectivity index (χ1n) is 5.67. The highest BCUT2D eigenvalue weighted by atomic mass is 16.2. The summed E-state index contributed by atoms with van der Waals surface area (Å²) in [5.74, 6) is -0.261. The fourth-order valence-corrected chi connectivity index (χ4v) is 1.87. The smallest absolute Gasteiger partial charge is 0.339 e. The van der Waals surface area contributed by atoms with Crippen molar-refractivity contribution in [1.29, 1.82) is 0 Å². The molecule has 8 heteroatoms. The van der Waals surface area contributed by atoms with Gasteiger partial charge in [-0.2, -0.15) is 0 Å². The second kappa shape index (κ2) is 4.63. The number of aryl methyl sites for hydroxylation is 1. The van der Waals surface area contributed by atoms with E-state index < -0.39 is 5.69 Å². The Morgan fingerprint density at radius 2 is 1.72 bits per heavy atom. The molecular weight excluding hydrogens is 238 g/mol. The molecule has 98 valence electrons. The monoisotopic (exact) mass is 253 g/mol. The van der Waals surface area contributed by atoms with Crippen LogP contribution < -0.4 is 5.69 Å². The Morgan fingerprint density at radius 3 is 2.17 bits per heavy atom. The van der Waals surface area contributed by atoms with E-state index in [1.807, 2.05) is 0 Å². The van der Waals surface area contributed by atoms with E-state index in [0.29, 0.717) is 26.2 Å². The number of piperazine rings is 1. The summed E-state index contributed by atoms with van der Waals surface area (Å²) in [6.07, 6.45) is 0. The fourth-order valence-electron chi connectivity index (χ4n) is 1.87. The van der Waals surface area contributed by atoms with E-state index in [9.17, 15) is 14.4 Å². The standard InChI is InChI=1S/C10H15N5O3/c1-7(16)14-3-5-15(6-4-14)9(17)8-11-10(18)13(2)12-8/h3-6H2,1-2H3,(H,11,12,18). The highest BCUT2D eigenvalue weighted by Gasteiger charge is 2.25. The lowest BCUT2D eigenvalue weighted by Crippen LogP contribution is -2.50. The Hall–Kier alpha value is -2.12. The lowest BCUT2D eigenvalue weighted by Gasteiger charge is -2.33. The molecule has 1 aliphatic rings. The van der Waals surface area contributed by atoms with Crippen LogP contribution in [0, 0.1) is 0 Å². The Kier molecular flexibility index (Phi) is 3.17. The van der Waals surface area contributed by atoms with Gasteiger partial charge in [-0.15, -0.1) is 5.10 Å². The van der Waals surface area contributed by atoms with Crippen LogP contribution in [-0.4, -0.2) is 62.6 Å². The Balaban J connectivity index is 2.04. The third-order valence-electron chi connectivity index (χ3n) is 2.98. The number of hydrogen-bond donors (Lipinski definition) is 1. The molecule has 2 heterocycles. The van der Waals surface area contributed by atoms with Crippen molar-refractivity contribution in [1.82, 2.24) is 24.6 Å². The van der Waals surface area contributed by atoms with E-state index in [-0.39, 0.29) is 17.6 Å². The molecule has 0 atom stereocenters. The van der Waals surface area contributed by atoms with Crippen LogP contribution in [0.1, 0.15) is 17.5 Å². The second-order valence-electron chi connectivity index (χ2n) is 4.20. The topological polar surface area (TPSA) is 91.3 Å². The zero-order valence-corrected chi connectivity index (χ0v) is 10.3. The van der Waals surface area contributed by atoms with Gasteiger partial charge in [-0.3, -0.25) is 14.6 Å². The summed E-state index contributed by atoms with van der Waals surface area (Å²) in [6, 6.07) is 0. The van der Waals surface area contributed by atoms with Gasteiger partial charge in [0, 0.05) is 40.2 Å². The third-order valence-corrected chi connectivity index (χ3v) is 2.98. The van der Waals surface area contributed by atoms with Crippen molar-refractivity contribution in [3.63, 3.8) is 0 Å². The normalized spacial score (nSPS) is 15.9. The van der Waals surface area contributed by atoms with Gasteiger partial charge < -0.3 is 9.80 Å². The van der Waals surface area contributed by atoms with Crippen molar-refractivity contribution < 1.29 is 9.59 Å². The Labute approximate surface area is 103 Å². The molecule has 1 aromatic rings. The van der Waals surface area contributed by atoms with Crippen LogP contribution in [0.5, 0.6) is 0 Å². The highest BCUT2D eigenvalue weighted by molar-refractivity contribution is 5.90. The average Bonchev–Trinajstić information content (AvgIpc) is 2.69. The van der Waals surface area contributed by atoms with Crippen LogP contribution >= 0.6 is 0 Å². The molecule has 0 unspecified atom stereocenters. The predicted octanol–water partition coefficient (Wildman–Crippen LogP) is -1.59. The molecule has 0 aliphatic carbocycles. The zero-order valence-electron chi connectivity index (χ0n) is 10.3. The van der Waals surface area contributed by atoms with Crippen LogP contribution in [0.25, 0.3) is 0 Å². The maximum atomic E-state index is 12.0. The number of carbonyl (C=O) groups excluding carboxylic acids is 2. The highest BCUT2D eigenvalue weighted by Crippen LogP contribution is 2.05. The van der Waals surface area contributed by atoms with Gasteiger partial charge in [-0.05, 0) is 0 Å². The first-order valence-corrected chi connectivity index (χ1v) is 5.67. The van der Waals surface area contributed by atoms with Crippen molar-refractivity contribution in [2.24, 2.45) is 7.05 Å². The summed E-state index contributed by atoms with van der Waals surface area (Å²) in [4.78, 5) is 40.0. The molecule has 18 heavy (non-hydrogen) atoms. The van der Waals surface area contributed by atoms with Crippen LogP contribution in [-0.2, 0) is 11.8 Å². The van der Waals surface area contributed by atoms with E-state index in [1.54, 1.807) is 9.80 Å². The number of hydrogen-bond acceptors (Lipinski definition) is 4. The van der Waals surface area contributed by atoms with Crippen molar-refractivity contribution in [3.8, 4) is 0 Å². The molecule has 2 amide bonds. The zero-order chi connectivity index (χ0) is 13.3. The molecule has 1 aliphatic heterocycles. The summed E-state index contributed by atoms with van der Waals surface area (Å²) in [5.41, 5.74) is -0.416. The minimum Gasteiger partial charge on any atom is -0.339 e. The van der Waals surface area contributed by atoms with Gasteiger partial charge in [0.25, 0.3) is 5.91 Å². The van der Waals surface area contributed by atoms with Gasteiger partial charge in [0.05, 0.1) is 0 Å². The molecule has 2 rings (SSSR count). The summed E-state index contributed by atoms with van der Waals surface area (Å²) in [7, 11) is 1.48. The van der Waals surface area contributed by atoms with Crippen LogP contribution in [0.4, 0.5) is 0 Å². The molecular formula is C10H15N5O3. The van der Waals surface area contributed by atoms with Gasteiger partial charge in [-0.25, -0.2) is 9.48 Å². The van der Waals surface area contributed by atoms with E-state index in [4.69, 9.17) is 0 Å². The number of H-pyrrole nitrogens is 1. The molecule has 8 nitrogen and oxygen atoms in total. The quantitative estimate of drug-likeness (QED) is 0.653.